The van der Waals surface area contributed by atoms with Crippen molar-refractivity contribution in [1.82, 2.24) is 64.8 Å². The van der Waals surface area contributed by atoms with Crippen molar-refractivity contribution in [2.24, 2.45) is 0 Å². The largest absolute Gasteiger partial charge is 0.495 e. The summed E-state index contributed by atoms with van der Waals surface area (Å²) in [5.74, 6) is 1.54. The minimum absolute atomic E-state index is 0.0353. The van der Waals surface area contributed by atoms with E-state index in [9.17, 15) is 38.8 Å². The minimum Gasteiger partial charge on any atom is -0.495 e. The van der Waals surface area contributed by atoms with Gasteiger partial charge in [0.1, 0.15) is 16.5 Å². The second kappa shape index (κ2) is 49.8. The van der Waals surface area contributed by atoms with Gasteiger partial charge in [0.2, 0.25) is 23.8 Å². The summed E-state index contributed by atoms with van der Waals surface area (Å²) in [6, 6.07) is 54.5. The summed E-state index contributed by atoms with van der Waals surface area (Å²) in [6.07, 6.45) is 11.9. The summed E-state index contributed by atoms with van der Waals surface area (Å²) in [5, 5.41) is 17.0. The van der Waals surface area contributed by atoms with E-state index in [2.05, 4.69) is 169 Å². The Balaban J connectivity index is 0.000000157. The predicted octanol–water partition coefficient (Wildman–Crippen LogP) is 19.6. The third kappa shape index (κ3) is 31.1. The van der Waals surface area contributed by atoms with E-state index in [1.165, 1.54) is 16.9 Å². The fourth-order valence-corrected chi connectivity index (χ4v) is 21.4. The molecule has 12 aromatic rings. The number of piperazine rings is 3. The third-order valence-corrected chi connectivity index (χ3v) is 36.1. The van der Waals surface area contributed by atoms with Crippen molar-refractivity contribution in [3.8, 4) is 11.5 Å². The molecule has 149 heavy (non-hydrogen) atoms. The molecule has 1 amide bonds. The van der Waals surface area contributed by atoms with Crippen LogP contribution >= 0.6 is 23.2 Å². The van der Waals surface area contributed by atoms with Gasteiger partial charge < -0.3 is 70.4 Å². The van der Waals surface area contributed by atoms with E-state index in [4.69, 9.17) is 47.6 Å². The summed E-state index contributed by atoms with van der Waals surface area (Å²) in [4.78, 5) is 65.3. The molecule has 1 aliphatic carbocycles. The second-order valence-electron chi connectivity index (χ2n) is 42.2. The Morgan fingerprint density at radius 2 is 0.792 bits per heavy atom. The van der Waals surface area contributed by atoms with Crippen LogP contribution in [0.5, 0.6) is 11.5 Å². The number of sulfone groups is 3. The topological polar surface area (TPSA) is 324 Å². The number of aryl methyl sites for hydroxylation is 3. The molecule has 794 valence electrons. The van der Waals surface area contributed by atoms with Crippen molar-refractivity contribution in [3.63, 3.8) is 0 Å². The van der Waals surface area contributed by atoms with Crippen molar-refractivity contribution in [2.45, 2.75) is 178 Å². The monoisotopic (exact) mass is 2130 g/mol. The highest BCUT2D eigenvalue weighted by atomic mass is 35.5. The Bertz CT molecular complexity index is 6970. The molecule has 4 saturated heterocycles. The Kier molecular flexibility index (Phi) is 37.6. The molecule has 36 heteroatoms. The summed E-state index contributed by atoms with van der Waals surface area (Å²) < 4.78 is 114. The van der Waals surface area contributed by atoms with Crippen LogP contribution in [0.25, 0.3) is 0 Å². The van der Waals surface area contributed by atoms with Crippen molar-refractivity contribution in [2.75, 3.05) is 170 Å². The lowest BCUT2D eigenvalue weighted by Crippen LogP contribution is -2.44. The number of likely N-dealkylation sites (N-methyl/N-ethyl adjacent to an activating group) is 3. The van der Waals surface area contributed by atoms with E-state index >= 15 is 0 Å². The second-order valence-corrected chi connectivity index (χ2v) is 51.2. The number of anilines is 11. The molecule has 0 atom stereocenters. The number of amides is 1. The van der Waals surface area contributed by atoms with E-state index in [-0.39, 0.29) is 59.4 Å². The van der Waals surface area contributed by atoms with Gasteiger partial charge in [0.05, 0.1) is 80.9 Å². The molecule has 4 aromatic heterocycles. The lowest BCUT2D eigenvalue weighted by Gasteiger charge is -2.34. The standard InChI is InChI=1S/C31H41N5O2S.C28H34ClN5O3.C27H33ClFN5O2S.C27H34FN5O2S/c1-31(2,3)39(37,38)22-24-9-7-8-23(20-24)21-29-27-10-5-6-11-28(27)33-30(34-29)32-25-12-14-26(15-13-25)36-18-16-35(4)17-19-36;1-17-12-20(27(35)31-21-8-10-34(3)11-9-21)6-7-22(17)32-28-30-16-18(2)23(33-28)13-19-14-24(36-4)26(29)25(15-19)37-5;1-27(2,3)37(35,36)18-20-15-19(5-10-23(20)28)16-25-24(29)17-30-26(32-25)31-21-6-8-22(9-7-21)34-13-11-33(4)12-14-34;1-27(2,3)36(34,35)19-21-7-5-6-20(16-21)17-25-24(28)18-29-26(31-25)30-22-8-10-23(11-9-22)33-14-12-32(4)13-15-33/h7-9,12-15,20H,5-6,10-11,16-19,21-22H2,1-4H3,(H,32,33,34);6-7,12,14-16,21H,8-11,13H2,1-5H3,(H,31,35)(H,30,32,33);5-10,15,17H,11-14,16,18H2,1-4H3,(H,30,31,32);5-11,16,18H,12-15,17,19H2,1-4H3,(H,29,30,31). The van der Waals surface area contributed by atoms with Gasteiger partial charge in [0, 0.05) is 173 Å². The van der Waals surface area contributed by atoms with Gasteiger partial charge >= 0.3 is 0 Å². The number of carbonyl (C=O) groups excluding carboxylic acids is 1. The first-order valence-electron chi connectivity index (χ1n) is 50.8. The fourth-order valence-electron chi connectivity index (χ4n) is 17.7. The van der Waals surface area contributed by atoms with Gasteiger partial charge in [-0.05, 0) is 321 Å². The van der Waals surface area contributed by atoms with Crippen LogP contribution in [0.4, 0.5) is 72.4 Å². The van der Waals surface area contributed by atoms with Gasteiger partial charge in [0.25, 0.3) is 5.91 Å². The van der Waals surface area contributed by atoms with Gasteiger partial charge in [-0.1, -0.05) is 83.9 Å². The van der Waals surface area contributed by atoms with Crippen molar-refractivity contribution in [1.29, 1.82) is 0 Å². The minimum atomic E-state index is -3.42. The van der Waals surface area contributed by atoms with E-state index in [0.29, 0.717) is 74.5 Å². The van der Waals surface area contributed by atoms with E-state index in [1.807, 2.05) is 92.7 Å². The molecule has 4 fully saturated rings. The summed E-state index contributed by atoms with van der Waals surface area (Å²) in [5.41, 5.74) is 19.8. The van der Waals surface area contributed by atoms with Crippen LogP contribution in [0.15, 0.2) is 188 Å². The van der Waals surface area contributed by atoms with Crippen LogP contribution in [-0.2, 0) is 85.3 Å². The SMILES string of the molecule is CN1CCN(c2ccc(Nc3nc4c(c(Cc5cccc(CS(=O)(=O)C(C)(C)C)c5)n3)CCCC4)cc2)CC1.CN1CCN(c2ccc(Nc3ncc(F)c(Cc4ccc(Cl)c(CS(=O)(=O)C(C)(C)C)c4)n3)cc2)CC1.CN1CCN(c2ccc(Nc3ncc(F)c(Cc4cccc(CS(=O)(=O)C(C)(C)C)c4)n3)cc2)CC1.COc1cc(Cc2nc(Nc3ccc(C(=O)NC4CCN(C)CC4)cc3C)ncc2C)cc(OC)c1Cl. The number of ether oxygens (including phenoxy) is 2. The molecule has 29 nitrogen and oxygen atoms in total. The molecule has 0 bridgehead atoms. The van der Waals surface area contributed by atoms with Crippen LogP contribution < -0.4 is 50.8 Å². The van der Waals surface area contributed by atoms with Crippen LogP contribution in [-0.4, -0.2) is 245 Å². The van der Waals surface area contributed by atoms with Gasteiger partial charge in [-0.25, -0.2) is 73.9 Å². The average Bonchev–Trinajstić information content (AvgIpc) is 1.03. The average molecular weight is 2130 g/mol. The number of likely N-dealkylation sites (tertiary alicyclic amines) is 1. The molecule has 5 aliphatic rings. The summed E-state index contributed by atoms with van der Waals surface area (Å²) >= 11 is 12.6. The molecule has 0 spiro atoms. The number of methoxy groups -OCH3 is 2. The fraction of sp³-hybridized carbons (Fsp3) is 0.425. The Morgan fingerprint density at radius 1 is 0.403 bits per heavy atom. The van der Waals surface area contributed by atoms with E-state index < -0.39 is 55.4 Å². The zero-order valence-electron chi connectivity index (χ0n) is 88.7. The first-order valence-corrected chi connectivity index (χ1v) is 56.5. The number of carbonyl (C=O) groups is 1. The van der Waals surface area contributed by atoms with Crippen LogP contribution in [0.1, 0.15) is 182 Å². The van der Waals surface area contributed by atoms with Crippen LogP contribution in [0.2, 0.25) is 10.0 Å². The third-order valence-electron chi connectivity index (χ3n) is 27.7. The maximum Gasteiger partial charge on any atom is 0.251 e. The molecule has 5 N–H and O–H groups in total. The van der Waals surface area contributed by atoms with Gasteiger partial charge in [0.15, 0.2) is 41.1 Å². The number of rotatable bonds is 29. The summed E-state index contributed by atoms with van der Waals surface area (Å²) in [6.45, 7) is 33.7. The number of halogens is 4. The molecule has 8 aromatic carbocycles. The maximum atomic E-state index is 14.6. The lowest BCUT2D eigenvalue weighted by molar-refractivity contribution is 0.0916. The predicted molar refractivity (Wildman–Crippen MR) is 597 cm³/mol. The number of benzene rings is 8. The van der Waals surface area contributed by atoms with Crippen molar-refractivity contribution < 1.29 is 48.3 Å². The number of nitrogens with one attached hydrogen (secondary N) is 5. The van der Waals surface area contributed by atoms with Crippen LogP contribution in [0, 0.1) is 25.5 Å². The number of aromatic nitrogens is 8. The normalized spacial score (nSPS) is 15.3. The number of hydrogen-bond acceptors (Lipinski definition) is 28. The Morgan fingerprint density at radius 3 is 1.24 bits per heavy atom. The highest BCUT2D eigenvalue weighted by molar-refractivity contribution is 7.92. The molecule has 4 aliphatic heterocycles. The molecule has 0 unspecified atom stereocenters. The zero-order chi connectivity index (χ0) is 107. The molecule has 0 radical (unpaired) electrons. The highest BCUT2D eigenvalue weighted by Gasteiger charge is 2.34. The van der Waals surface area contributed by atoms with E-state index in [1.54, 1.807) is 119 Å². The smallest absolute Gasteiger partial charge is 0.251 e. The number of fused-ring (bicyclic) bond motifs is 1. The first-order chi connectivity index (χ1) is 70.7. The Hall–Kier alpha value is -12.1. The maximum absolute atomic E-state index is 14.6. The molecular formula is C113H142Cl2F2N20O9S3. The zero-order valence-corrected chi connectivity index (χ0v) is 92.6. The quantitative estimate of drug-likeness (QED) is 0.0291. The van der Waals surface area contributed by atoms with Crippen molar-refractivity contribution >= 4 is 122 Å². The Labute approximate surface area is 888 Å². The molecule has 8 heterocycles. The highest BCUT2D eigenvalue weighted by Crippen LogP contribution is 2.39. The first kappa shape index (κ1) is 113. The summed E-state index contributed by atoms with van der Waals surface area (Å²) in [7, 11) is 1.71. The molecular weight excluding hydrogens is 1990 g/mol. The number of nitrogens with zero attached hydrogens (tertiary/aromatic N) is 15. The molecule has 17 rings (SSSR count). The molecule has 0 saturated carbocycles. The van der Waals surface area contributed by atoms with Gasteiger partial charge in [-0.2, -0.15) is 0 Å². The number of piperidine rings is 1. The van der Waals surface area contributed by atoms with Gasteiger partial charge in [-0.3, -0.25) is 4.79 Å². The van der Waals surface area contributed by atoms with Gasteiger partial charge in [-0.15, -0.1) is 0 Å². The van der Waals surface area contributed by atoms with Crippen LogP contribution in [0.3, 0.4) is 0 Å². The lowest BCUT2D eigenvalue weighted by atomic mass is 9.92. The van der Waals surface area contributed by atoms with Crippen molar-refractivity contribution in [3.05, 3.63) is 300 Å². The number of hydrogen-bond donors (Lipinski definition) is 5. The van der Waals surface area contributed by atoms with E-state index in [0.717, 1.165) is 221 Å².